The minimum absolute atomic E-state index is 0.0753. The van der Waals surface area contributed by atoms with Crippen molar-refractivity contribution in [1.82, 2.24) is 4.98 Å². The SMILES string of the molecule is CCN(CCN)c1ncc(Br)cc1C(F)(F)F. The van der Waals surface area contributed by atoms with Crippen molar-refractivity contribution in [3.05, 3.63) is 22.3 Å². The third-order valence-corrected chi connectivity index (χ3v) is 2.65. The Morgan fingerprint density at radius 2 is 2.12 bits per heavy atom. The van der Waals surface area contributed by atoms with Gasteiger partial charge in [-0.1, -0.05) is 0 Å². The van der Waals surface area contributed by atoms with Gasteiger partial charge in [-0.25, -0.2) is 4.98 Å². The Morgan fingerprint density at radius 3 is 2.59 bits per heavy atom. The molecule has 1 heterocycles. The van der Waals surface area contributed by atoms with E-state index in [4.69, 9.17) is 5.73 Å². The minimum Gasteiger partial charge on any atom is -0.355 e. The lowest BCUT2D eigenvalue weighted by Gasteiger charge is -2.24. The van der Waals surface area contributed by atoms with Crippen molar-refractivity contribution < 1.29 is 13.2 Å². The number of nitrogens with two attached hydrogens (primary N) is 1. The van der Waals surface area contributed by atoms with E-state index < -0.39 is 11.7 Å². The van der Waals surface area contributed by atoms with Gasteiger partial charge in [-0.05, 0) is 28.9 Å². The summed E-state index contributed by atoms with van der Waals surface area (Å²) in [6.07, 6.45) is -3.07. The number of aromatic nitrogens is 1. The highest BCUT2D eigenvalue weighted by atomic mass is 79.9. The van der Waals surface area contributed by atoms with E-state index in [0.29, 0.717) is 17.6 Å². The highest BCUT2D eigenvalue weighted by molar-refractivity contribution is 9.10. The molecule has 0 saturated carbocycles. The van der Waals surface area contributed by atoms with Gasteiger partial charge in [0.15, 0.2) is 0 Å². The van der Waals surface area contributed by atoms with Crippen LogP contribution in [0, 0.1) is 0 Å². The Balaban J connectivity index is 3.22. The molecule has 0 atom stereocenters. The van der Waals surface area contributed by atoms with Crippen LogP contribution in [0.2, 0.25) is 0 Å². The second-order valence-electron chi connectivity index (χ2n) is 3.39. The van der Waals surface area contributed by atoms with Crippen molar-refractivity contribution in [3.63, 3.8) is 0 Å². The fourth-order valence-electron chi connectivity index (χ4n) is 1.46. The van der Waals surface area contributed by atoms with Crippen LogP contribution in [0.25, 0.3) is 0 Å². The lowest BCUT2D eigenvalue weighted by Crippen LogP contribution is -2.31. The van der Waals surface area contributed by atoms with E-state index in [1.807, 2.05) is 0 Å². The number of pyridine rings is 1. The molecule has 3 nitrogen and oxygen atoms in total. The van der Waals surface area contributed by atoms with E-state index in [2.05, 4.69) is 20.9 Å². The van der Waals surface area contributed by atoms with Gasteiger partial charge in [-0.15, -0.1) is 0 Å². The van der Waals surface area contributed by atoms with Gasteiger partial charge >= 0.3 is 6.18 Å². The monoisotopic (exact) mass is 311 g/mol. The van der Waals surface area contributed by atoms with E-state index in [1.54, 1.807) is 6.92 Å². The average Bonchev–Trinajstić information content (AvgIpc) is 2.25. The predicted molar refractivity (Wildman–Crippen MR) is 63.9 cm³/mol. The maximum atomic E-state index is 12.8. The molecule has 0 saturated heterocycles. The van der Waals surface area contributed by atoms with Crippen LogP contribution in [0.3, 0.4) is 0 Å². The molecule has 0 aromatic carbocycles. The van der Waals surface area contributed by atoms with E-state index >= 15 is 0 Å². The van der Waals surface area contributed by atoms with E-state index in [0.717, 1.165) is 6.07 Å². The molecular formula is C10H13BrF3N3. The molecule has 1 aromatic rings. The van der Waals surface area contributed by atoms with Crippen LogP contribution in [-0.4, -0.2) is 24.6 Å². The largest absolute Gasteiger partial charge is 0.419 e. The molecule has 96 valence electrons. The Kier molecular flexibility index (Phi) is 4.76. The summed E-state index contributed by atoms with van der Waals surface area (Å²) in [5.41, 5.74) is 4.62. The molecule has 0 amide bonds. The molecule has 0 aliphatic heterocycles. The van der Waals surface area contributed by atoms with Crippen molar-refractivity contribution in [2.24, 2.45) is 5.73 Å². The molecule has 0 fully saturated rings. The summed E-state index contributed by atoms with van der Waals surface area (Å²) in [6, 6.07) is 1.03. The summed E-state index contributed by atoms with van der Waals surface area (Å²) in [5.74, 6) is -0.0753. The first-order chi connectivity index (χ1) is 7.90. The minimum atomic E-state index is -4.42. The zero-order valence-electron chi connectivity index (χ0n) is 9.26. The number of rotatable bonds is 4. The Bertz CT molecular complexity index is 382. The quantitative estimate of drug-likeness (QED) is 0.929. The Hall–Kier alpha value is -0.820. The molecule has 1 rings (SSSR count). The Morgan fingerprint density at radius 1 is 1.47 bits per heavy atom. The standard InChI is InChI=1S/C10H13BrF3N3/c1-2-17(4-3-15)9-8(10(12,13)14)5-7(11)6-16-9/h5-6H,2-4,15H2,1H3. The molecule has 17 heavy (non-hydrogen) atoms. The van der Waals surface area contributed by atoms with Gasteiger partial charge in [0.1, 0.15) is 5.82 Å². The van der Waals surface area contributed by atoms with Crippen LogP contribution in [-0.2, 0) is 6.18 Å². The third-order valence-electron chi connectivity index (χ3n) is 2.22. The number of nitrogens with zero attached hydrogens (tertiary/aromatic N) is 2. The number of alkyl halides is 3. The molecule has 0 unspecified atom stereocenters. The van der Waals surface area contributed by atoms with E-state index in [1.165, 1.54) is 11.1 Å². The summed E-state index contributed by atoms with van der Waals surface area (Å²) in [5, 5.41) is 0. The first-order valence-corrected chi connectivity index (χ1v) is 5.87. The molecule has 0 bridgehead atoms. The summed E-state index contributed by atoms with van der Waals surface area (Å²) in [4.78, 5) is 5.35. The molecule has 0 radical (unpaired) electrons. The van der Waals surface area contributed by atoms with Crippen LogP contribution in [0.4, 0.5) is 19.0 Å². The molecule has 0 aliphatic carbocycles. The van der Waals surface area contributed by atoms with Gasteiger partial charge in [-0.2, -0.15) is 13.2 Å². The number of hydrogen-bond acceptors (Lipinski definition) is 3. The zero-order chi connectivity index (χ0) is 13.1. The second kappa shape index (κ2) is 5.68. The van der Waals surface area contributed by atoms with Crippen molar-refractivity contribution in [2.45, 2.75) is 13.1 Å². The average molecular weight is 312 g/mol. The number of halogens is 4. The molecular weight excluding hydrogens is 299 g/mol. The Labute approximate surface area is 106 Å². The van der Waals surface area contributed by atoms with Gasteiger partial charge in [0.25, 0.3) is 0 Å². The summed E-state index contributed by atoms with van der Waals surface area (Å²) < 4.78 is 38.8. The fourth-order valence-corrected chi connectivity index (χ4v) is 1.79. The summed E-state index contributed by atoms with van der Waals surface area (Å²) in [6.45, 7) is 2.81. The van der Waals surface area contributed by atoms with E-state index in [9.17, 15) is 13.2 Å². The molecule has 2 N–H and O–H groups in total. The third kappa shape index (κ3) is 3.57. The van der Waals surface area contributed by atoms with Crippen LogP contribution < -0.4 is 10.6 Å². The molecule has 7 heteroatoms. The molecule has 0 spiro atoms. The summed E-state index contributed by atoms with van der Waals surface area (Å²) in [7, 11) is 0. The zero-order valence-corrected chi connectivity index (χ0v) is 10.8. The molecule has 0 aliphatic rings. The maximum absolute atomic E-state index is 12.8. The maximum Gasteiger partial charge on any atom is 0.419 e. The van der Waals surface area contributed by atoms with Crippen LogP contribution in [0.1, 0.15) is 12.5 Å². The lowest BCUT2D eigenvalue weighted by atomic mass is 10.2. The van der Waals surface area contributed by atoms with Gasteiger partial charge in [0.05, 0.1) is 5.56 Å². The highest BCUT2D eigenvalue weighted by Crippen LogP contribution is 2.36. The second-order valence-corrected chi connectivity index (χ2v) is 4.31. The van der Waals surface area contributed by atoms with Crippen LogP contribution in [0.15, 0.2) is 16.7 Å². The van der Waals surface area contributed by atoms with Gasteiger partial charge < -0.3 is 10.6 Å². The first-order valence-electron chi connectivity index (χ1n) is 5.08. The van der Waals surface area contributed by atoms with Crippen molar-refractivity contribution >= 4 is 21.7 Å². The normalized spacial score (nSPS) is 11.6. The summed E-state index contributed by atoms with van der Waals surface area (Å²) >= 11 is 2.99. The number of hydrogen-bond donors (Lipinski definition) is 1. The van der Waals surface area contributed by atoms with Gasteiger partial charge in [0, 0.05) is 30.3 Å². The lowest BCUT2D eigenvalue weighted by molar-refractivity contribution is -0.137. The van der Waals surface area contributed by atoms with Gasteiger partial charge in [0.2, 0.25) is 0 Å². The van der Waals surface area contributed by atoms with Crippen LogP contribution >= 0.6 is 15.9 Å². The van der Waals surface area contributed by atoms with E-state index in [-0.39, 0.29) is 12.4 Å². The number of anilines is 1. The smallest absolute Gasteiger partial charge is 0.355 e. The van der Waals surface area contributed by atoms with Gasteiger partial charge in [-0.3, -0.25) is 0 Å². The van der Waals surface area contributed by atoms with Crippen molar-refractivity contribution in [2.75, 3.05) is 24.5 Å². The molecule has 1 aromatic heterocycles. The van der Waals surface area contributed by atoms with Crippen molar-refractivity contribution in [1.29, 1.82) is 0 Å². The number of likely N-dealkylation sites (N-methyl/N-ethyl adjacent to an activating group) is 1. The predicted octanol–water partition coefficient (Wildman–Crippen LogP) is 2.65. The first kappa shape index (κ1) is 14.2. The van der Waals surface area contributed by atoms with Crippen LogP contribution in [0.5, 0.6) is 0 Å². The van der Waals surface area contributed by atoms with Crippen molar-refractivity contribution in [3.8, 4) is 0 Å². The highest BCUT2D eigenvalue weighted by Gasteiger charge is 2.35. The topological polar surface area (TPSA) is 42.1 Å². The fraction of sp³-hybridized carbons (Fsp3) is 0.500.